The zero-order chi connectivity index (χ0) is 16.5. The molecule has 1 saturated carbocycles. The molecule has 0 radical (unpaired) electrons. The second kappa shape index (κ2) is 5.93. The van der Waals surface area contributed by atoms with Gasteiger partial charge in [0.25, 0.3) is 0 Å². The fourth-order valence-electron chi connectivity index (χ4n) is 4.47. The summed E-state index contributed by atoms with van der Waals surface area (Å²) in [7, 11) is 0. The smallest absolute Gasteiger partial charge is 0.126 e. The summed E-state index contributed by atoms with van der Waals surface area (Å²) in [5, 5.41) is 11.3. The summed E-state index contributed by atoms with van der Waals surface area (Å²) < 4.78 is 0. The standard InChI is InChI=1S/C21H24O2/c1-20(2)15-21(23,13-16-9-5-3-6-10-16)18(14-22)19(20)17-11-7-4-8-12-17/h3-12,14,18-19,23H,13,15H2,1-2H3/t18-,19-,21+/m1/s1. The van der Waals surface area contributed by atoms with E-state index in [0.717, 1.165) is 17.4 Å². The van der Waals surface area contributed by atoms with Crippen LogP contribution < -0.4 is 0 Å². The lowest BCUT2D eigenvalue weighted by Gasteiger charge is -2.30. The number of benzene rings is 2. The third kappa shape index (κ3) is 2.96. The van der Waals surface area contributed by atoms with Crippen LogP contribution in [0, 0.1) is 11.3 Å². The molecule has 0 aromatic heterocycles. The van der Waals surface area contributed by atoms with E-state index in [0.29, 0.717) is 12.8 Å². The van der Waals surface area contributed by atoms with Crippen LogP contribution >= 0.6 is 0 Å². The Balaban J connectivity index is 1.98. The van der Waals surface area contributed by atoms with Crippen LogP contribution in [0.5, 0.6) is 0 Å². The molecule has 0 amide bonds. The van der Waals surface area contributed by atoms with Crippen LogP contribution in [0.3, 0.4) is 0 Å². The molecule has 2 heteroatoms. The van der Waals surface area contributed by atoms with Crippen molar-refractivity contribution < 1.29 is 9.90 Å². The lowest BCUT2D eigenvalue weighted by Crippen LogP contribution is -2.38. The Morgan fingerprint density at radius 3 is 2.17 bits per heavy atom. The van der Waals surface area contributed by atoms with Crippen molar-refractivity contribution in [2.75, 3.05) is 0 Å². The molecule has 0 aliphatic heterocycles. The van der Waals surface area contributed by atoms with E-state index in [1.807, 2.05) is 48.5 Å². The van der Waals surface area contributed by atoms with Crippen LogP contribution in [0.1, 0.15) is 37.3 Å². The third-order valence-corrected chi connectivity index (χ3v) is 5.24. The van der Waals surface area contributed by atoms with Crippen LogP contribution in [-0.2, 0) is 11.2 Å². The molecule has 1 aliphatic rings. The van der Waals surface area contributed by atoms with Crippen molar-refractivity contribution in [2.45, 2.75) is 38.2 Å². The maximum Gasteiger partial charge on any atom is 0.126 e. The number of carbonyl (C=O) groups excluding carboxylic acids is 1. The first-order valence-electron chi connectivity index (χ1n) is 8.23. The number of aliphatic hydroxyl groups is 1. The maximum absolute atomic E-state index is 11.9. The summed E-state index contributed by atoms with van der Waals surface area (Å²) in [6, 6.07) is 20.1. The molecule has 2 aromatic rings. The van der Waals surface area contributed by atoms with Gasteiger partial charge in [0.05, 0.1) is 11.5 Å². The molecular formula is C21H24O2. The Hall–Kier alpha value is -1.93. The first-order valence-corrected chi connectivity index (χ1v) is 8.23. The van der Waals surface area contributed by atoms with Gasteiger partial charge in [-0.05, 0) is 23.0 Å². The van der Waals surface area contributed by atoms with E-state index in [1.165, 1.54) is 0 Å². The van der Waals surface area contributed by atoms with Crippen molar-refractivity contribution >= 4 is 6.29 Å². The first kappa shape index (κ1) is 15.9. The number of hydrogen-bond donors (Lipinski definition) is 1. The Morgan fingerprint density at radius 1 is 1.04 bits per heavy atom. The molecule has 0 heterocycles. The summed E-state index contributed by atoms with van der Waals surface area (Å²) in [6.07, 6.45) is 2.11. The van der Waals surface area contributed by atoms with Gasteiger partial charge in [-0.25, -0.2) is 0 Å². The lowest BCUT2D eigenvalue weighted by molar-refractivity contribution is -0.118. The van der Waals surface area contributed by atoms with Gasteiger partial charge < -0.3 is 9.90 Å². The molecule has 0 saturated heterocycles. The predicted octanol–water partition coefficient (Wildman–Crippen LogP) is 3.99. The van der Waals surface area contributed by atoms with Crippen molar-refractivity contribution in [3.05, 3.63) is 71.8 Å². The zero-order valence-electron chi connectivity index (χ0n) is 13.8. The Kier molecular flexibility index (Phi) is 4.11. The molecule has 120 valence electrons. The minimum atomic E-state index is -0.993. The van der Waals surface area contributed by atoms with E-state index in [-0.39, 0.29) is 17.3 Å². The molecule has 1 aliphatic carbocycles. The molecule has 23 heavy (non-hydrogen) atoms. The molecule has 1 N–H and O–H groups in total. The van der Waals surface area contributed by atoms with E-state index in [2.05, 4.69) is 26.0 Å². The first-order chi connectivity index (χ1) is 11.0. The van der Waals surface area contributed by atoms with E-state index in [4.69, 9.17) is 0 Å². The van der Waals surface area contributed by atoms with Crippen molar-refractivity contribution in [1.82, 2.24) is 0 Å². The van der Waals surface area contributed by atoms with Gasteiger partial charge in [0.1, 0.15) is 6.29 Å². The predicted molar refractivity (Wildman–Crippen MR) is 92.2 cm³/mol. The van der Waals surface area contributed by atoms with Gasteiger partial charge in [0.2, 0.25) is 0 Å². The highest BCUT2D eigenvalue weighted by Gasteiger charge is 2.56. The highest BCUT2D eigenvalue weighted by atomic mass is 16.3. The quantitative estimate of drug-likeness (QED) is 0.867. The molecule has 1 fully saturated rings. The van der Waals surface area contributed by atoms with Gasteiger partial charge >= 0.3 is 0 Å². The average molecular weight is 308 g/mol. The minimum Gasteiger partial charge on any atom is -0.389 e. The Labute approximate surface area is 138 Å². The summed E-state index contributed by atoms with van der Waals surface area (Å²) in [6.45, 7) is 4.31. The fourth-order valence-corrected chi connectivity index (χ4v) is 4.47. The van der Waals surface area contributed by atoms with Crippen LogP contribution in [0.15, 0.2) is 60.7 Å². The Morgan fingerprint density at radius 2 is 1.61 bits per heavy atom. The molecule has 3 rings (SSSR count). The van der Waals surface area contributed by atoms with E-state index < -0.39 is 5.60 Å². The normalized spacial score (nSPS) is 29.3. The van der Waals surface area contributed by atoms with Crippen molar-refractivity contribution in [2.24, 2.45) is 11.3 Å². The minimum absolute atomic E-state index is 0.0370. The molecule has 2 aromatic carbocycles. The summed E-state index contributed by atoms with van der Waals surface area (Å²) in [5.74, 6) is -0.352. The number of carbonyl (C=O) groups is 1. The van der Waals surface area contributed by atoms with Crippen LogP contribution in [0.25, 0.3) is 0 Å². The van der Waals surface area contributed by atoms with Gasteiger partial charge in [-0.1, -0.05) is 74.5 Å². The van der Waals surface area contributed by atoms with Gasteiger partial charge in [0.15, 0.2) is 0 Å². The number of aldehydes is 1. The average Bonchev–Trinajstić information content (AvgIpc) is 2.73. The summed E-state index contributed by atoms with van der Waals surface area (Å²) in [4.78, 5) is 11.9. The Bertz CT molecular complexity index is 663. The highest BCUT2D eigenvalue weighted by molar-refractivity contribution is 5.60. The third-order valence-electron chi connectivity index (χ3n) is 5.24. The van der Waals surface area contributed by atoms with Gasteiger partial charge in [-0.3, -0.25) is 0 Å². The van der Waals surface area contributed by atoms with Crippen molar-refractivity contribution in [1.29, 1.82) is 0 Å². The number of hydrogen-bond acceptors (Lipinski definition) is 2. The largest absolute Gasteiger partial charge is 0.389 e. The summed E-state index contributed by atoms with van der Waals surface area (Å²) >= 11 is 0. The fraction of sp³-hybridized carbons (Fsp3) is 0.381. The molecular weight excluding hydrogens is 284 g/mol. The van der Waals surface area contributed by atoms with Gasteiger partial charge in [-0.2, -0.15) is 0 Å². The molecule has 0 spiro atoms. The maximum atomic E-state index is 11.9. The second-order valence-electron chi connectivity index (χ2n) is 7.48. The zero-order valence-corrected chi connectivity index (χ0v) is 13.8. The number of rotatable bonds is 4. The lowest BCUT2D eigenvalue weighted by atomic mass is 9.74. The van der Waals surface area contributed by atoms with E-state index in [1.54, 1.807) is 0 Å². The SMILES string of the molecule is CC1(C)C[C@@](O)(Cc2ccccc2)[C@H](C=O)[C@H]1c1ccccc1. The van der Waals surface area contributed by atoms with Crippen LogP contribution in [0.4, 0.5) is 0 Å². The van der Waals surface area contributed by atoms with Gasteiger partial charge in [-0.15, -0.1) is 0 Å². The van der Waals surface area contributed by atoms with E-state index in [9.17, 15) is 9.90 Å². The molecule has 0 unspecified atom stereocenters. The summed E-state index contributed by atoms with van der Waals surface area (Å²) in [5.41, 5.74) is 1.09. The van der Waals surface area contributed by atoms with Crippen LogP contribution in [-0.4, -0.2) is 17.0 Å². The second-order valence-corrected chi connectivity index (χ2v) is 7.48. The molecule has 0 bridgehead atoms. The molecule has 3 atom stereocenters. The monoisotopic (exact) mass is 308 g/mol. The van der Waals surface area contributed by atoms with Crippen molar-refractivity contribution in [3.63, 3.8) is 0 Å². The molecule has 2 nitrogen and oxygen atoms in total. The van der Waals surface area contributed by atoms with E-state index >= 15 is 0 Å². The highest BCUT2D eigenvalue weighted by Crippen LogP contribution is 2.57. The van der Waals surface area contributed by atoms with Crippen molar-refractivity contribution in [3.8, 4) is 0 Å². The topological polar surface area (TPSA) is 37.3 Å². The van der Waals surface area contributed by atoms with Gasteiger partial charge in [0, 0.05) is 12.3 Å². The van der Waals surface area contributed by atoms with Crippen LogP contribution in [0.2, 0.25) is 0 Å².